The second-order valence-corrected chi connectivity index (χ2v) is 3.97. The number of rotatable bonds is 3. The maximum atomic E-state index is 8.83. The molecule has 0 aromatic heterocycles. The van der Waals surface area contributed by atoms with Gasteiger partial charge in [0.1, 0.15) is 0 Å². The zero-order valence-electron chi connectivity index (χ0n) is 8.04. The van der Waals surface area contributed by atoms with Crippen LogP contribution in [0.3, 0.4) is 0 Å². The maximum Gasteiger partial charge on any atom is 0.163 e. The molecule has 1 fully saturated rings. The van der Waals surface area contributed by atoms with Crippen molar-refractivity contribution in [3.63, 3.8) is 0 Å². The molecule has 0 aromatic rings. The second kappa shape index (κ2) is 3.73. The molecule has 3 nitrogen and oxygen atoms in total. The molecular weight excluding hydrogens is 156 g/mol. The van der Waals surface area contributed by atoms with Gasteiger partial charge in [-0.1, -0.05) is 6.92 Å². The third kappa shape index (κ3) is 2.73. The Balaban J connectivity index is 2.28. The Morgan fingerprint density at radius 1 is 1.58 bits per heavy atom. The first kappa shape index (κ1) is 9.96. The summed E-state index contributed by atoms with van der Waals surface area (Å²) in [4.78, 5) is 0. The highest BCUT2D eigenvalue weighted by Gasteiger charge is 2.32. The minimum absolute atomic E-state index is 0.155. The molecule has 0 saturated carbocycles. The molecule has 1 saturated heterocycles. The van der Waals surface area contributed by atoms with Crippen LogP contribution in [0.1, 0.15) is 27.2 Å². The zero-order valence-corrected chi connectivity index (χ0v) is 8.04. The van der Waals surface area contributed by atoms with Crippen LogP contribution in [0.2, 0.25) is 0 Å². The third-order valence-corrected chi connectivity index (χ3v) is 2.04. The summed E-state index contributed by atoms with van der Waals surface area (Å²) >= 11 is 0. The smallest absolute Gasteiger partial charge is 0.163 e. The lowest BCUT2D eigenvalue weighted by Gasteiger charge is -2.18. The van der Waals surface area contributed by atoms with E-state index in [0.29, 0.717) is 12.5 Å². The largest absolute Gasteiger partial charge is 0.396 e. The van der Waals surface area contributed by atoms with Gasteiger partial charge in [-0.2, -0.15) is 0 Å². The molecule has 72 valence electrons. The quantitative estimate of drug-likeness (QED) is 0.697. The average Bonchev–Trinajstić information content (AvgIpc) is 2.30. The average molecular weight is 174 g/mol. The van der Waals surface area contributed by atoms with E-state index in [2.05, 4.69) is 0 Å². The summed E-state index contributed by atoms with van der Waals surface area (Å²) in [6, 6.07) is 0. The second-order valence-electron chi connectivity index (χ2n) is 3.97. The fourth-order valence-corrected chi connectivity index (χ4v) is 1.40. The van der Waals surface area contributed by atoms with E-state index in [9.17, 15) is 0 Å². The van der Waals surface area contributed by atoms with E-state index in [1.807, 2.05) is 20.8 Å². The Hall–Kier alpha value is -0.120. The van der Waals surface area contributed by atoms with Gasteiger partial charge in [-0.05, 0) is 26.2 Å². The summed E-state index contributed by atoms with van der Waals surface area (Å²) in [5.74, 6) is -0.132. The minimum atomic E-state index is -0.431. The molecule has 1 heterocycles. The van der Waals surface area contributed by atoms with Gasteiger partial charge in [0.15, 0.2) is 5.79 Å². The van der Waals surface area contributed by atoms with Crippen molar-refractivity contribution in [3.05, 3.63) is 0 Å². The molecule has 0 aromatic carbocycles. The molecule has 0 spiro atoms. The van der Waals surface area contributed by atoms with E-state index >= 15 is 0 Å². The van der Waals surface area contributed by atoms with Crippen molar-refractivity contribution < 1.29 is 14.6 Å². The Bertz CT molecular complexity index is 145. The van der Waals surface area contributed by atoms with Crippen LogP contribution in [-0.2, 0) is 9.47 Å². The fraction of sp³-hybridized carbons (Fsp3) is 1.00. The maximum absolute atomic E-state index is 8.83. The molecule has 0 unspecified atom stereocenters. The molecule has 1 rings (SSSR count). The van der Waals surface area contributed by atoms with Gasteiger partial charge in [0.05, 0.1) is 12.7 Å². The van der Waals surface area contributed by atoms with Crippen LogP contribution in [0.5, 0.6) is 0 Å². The molecule has 12 heavy (non-hydrogen) atoms. The number of hydrogen-bond donors (Lipinski definition) is 1. The highest BCUT2D eigenvalue weighted by atomic mass is 16.7. The molecule has 0 amide bonds. The summed E-state index contributed by atoms with van der Waals surface area (Å²) in [6.45, 7) is 6.71. The van der Waals surface area contributed by atoms with E-state index in [1.165, 1.54) is 0 Å². The number of ether oxygens (including phenoxy) is 2. The molecule has 0 aliphatic carbocycles. The Labute approximate surface area is 73.7 Å². The molecular formula is C9H18O3. The number of hydrogen-bond acceptors (Lipinski definition) is 3. The lowest BCUT2D eigenvalue weighted by Crippen LogP contribution is -2.22. The third-order valence-electron chi connectivity index (χ3n) is 2.04. The van der Waals surface area contributed by atoms with Gasteiger partial charge >= 0.3 is 0 Å². The SMILES string of the molecule is C[C@@H](CO)C[C@H]1COC(C)(C)O1. The molecule has 0 radical (unpaired) electrons. The first-order valence-corrected chi connectivity index (χ1v) is 4.46. The summed E-state index contributed by atoms with van der Waals surface area (Å²) in [7, 11) is 0. The van der Waals surface area contributed by atoms with E-state index in [0.717, 1.165) is 6.42 Å². The van der Waals surface area contributed by atoms with Crippen LogP contribution in [0.25, 0.3) is 0 Å². The predicted molar refractivity (Wildman–Crippen MR) is 45.8 cm³/mol. The normalized spacial score (nSPS) is 30.5. The molecule has 0 bridgehead atoms. The summed E-state index contributed by atoms with van der Waals surface area (Å²) in [6.07, 6.45) is 1.03. The minimum Gasteiger partial charge on any atom is -0.396 e. The van der Waals surface area contributed by atoms with Gasteiger partial charge in [0, 0.05) is 6.61 Å². The molecule has 2 atom stereocenters. The predicted octanol–water partition coefficient (Wildman–Crippen LogP) is 1.16. The van der Waals surface area contributed by atoms with Crippen molar-refractivity contribution in [1.82, 2.24) is 0 Å². The van der Waals surface area contributed by atoms with Crippen LogP contribution in [0.15, 0.2) is 0 Å². The van der Waals surface area contributed by atoms with Gasteiger partial charge in [0.2, 0.25) is 0 Å². The van der Waals surface area contributed by atoms with Crippen LogP contribution < -0.4 is 0 Å². The highest BCUT2D eigenvalue weighted by molar-refractivity contribution is 4.72. The standard InChI is InChI=1S/C9H18O3/c1-7(5-10)4-8-6-11-9(2,3)12-8/h7-8,10H,4-6H2,1-3H3/t7-,8+/m1/s1. The molecule has 1 N–H and O–H groups in total. The first-order chi connectivity index (χ1) is 5.53. The van der Waals surface area contributed by atoms with Crippen molar-refractivity contribution in [2.45, 2.75) is 39.1 Å². The van der Waals surface area contributed by atoms with Crippen LogP contribution in [0.4, 0.5) is 0 Å². The van der Waals surface area contributed by atoms with E-state index < -0.39 is 5.79 Å². The van der Waals surface area contributed by atoms with Crippen molar-refractivity contribution in [1.29, 1.82) is 0 Å². The highest BCUT2D eigenvalue weighted by Crippen LogP contribution is 2.25. The lowest BCUT2D eigenvalue weighted by atomic mass is 10.1. The lowest BCUT2D eigenvalue weighted by molar-refractivity contribution is -0.140. The fourth-order valence-electron chi connectivity index (χ4n) is 1.40. The van der Waals surface area contributed by atoms with Gasteiger partial charge < -0.3 is 14.6 Å². The topological polar surface area (TPSA) is 38.7 Å². The Morgan fingerprint density at radius 2 is 2.25 bits per heavy atom. The van der Waals surface area contributed by atoms with Gasteiger partial charge in [-0.3, -0.25) is 0 Å². The van der Waals surface area contributed by atoms with Crippen LogP contribution >= 0.6 is 0 Å². The Morgan fingerprint density at radius 3 is 2.67 bits per heavy atom. The van der Waals surface area contributed by atoms with E-state index in [-0.39, 0.29) is 12.7 Å². The number of aliphatic hydroxyl groups is 1. The Kier molecular flexibility index (Phi) is 3.09. The van der Waals surface area contributed by atoms with Gasteiger partial charge in [0.25, 0.3) is 0 Å². The van der Waals surface area contributed by atoms with E-state index in [4.69, 9.17) is 14.6 Å². The summed E-state index contributed by atoms with van der Waals surface area (Å²) in [5, 5.41) is 8.83. The van der Waals surface area contributed by atoms with E-state index in [1.54, 1.807) is 0 Å². The monoisotopic (exact) mass is 174 g/mol. The number of aliphatic hydroxyl groups excluding tert-OH is 1. The zero-order chi connectivity index (χ0) is 9.19. The van der Waals surface area contributed by atoms with Gasteiger partial charge in [-0.15, -0.1) is 0 Å². The first-order valence-electron chi connectivity index (χ1n) is 4.46. The van der Waals surface area contributed by atoms with Crippen molar-refractivity contribution in [2.24, 2.45) is 5.92 Å². The van der Waals surface area contributed by atoms with Crippen molar-refractivity contribution >= 4 is 0 Å². The summed E-state index contributed by atoms with van der Waals surface area (Å²) in [5.41, 5.74) is 0. The van der Waals surface area contributed by atoms with Crippen molar-refractivity contribution in [2.75, 3.05) is 13.2 Å². The molecule has 1 aliphatic rings. The van der Waals surface area contributed by atoms with Crippen molar-refractivity contribution in [3.8, 4) is 0 Å². The molecule has 3 heteroatoms. The van der Waals surface area contributed by atoms with Crippen LogP contribution in [-0.4, -0.2) is 30.2 Å². The van der Waals surface area contributed by atoms with Gasteiger partial charge in [-0.25, -0.2) is 0 Å². The summed E-state index contributed by atoms with van der Waals surface area (Å²) < 4.78 is 11.0. The molecule has 1 aliphatic heterocycles. The van der Waals surface area contributed by atoms with Crippen LogP contribution in [0, 0.1) is 5.92 Å².